The van der Waals surface area contributed by atoms with Gasteiger partial charge in [-0.15, -0.1) is 0 Å². The monoisotopic (exact) mass is 357 g/mol. The number of para-hydroxylation sites is 1. The van der Waals surface area contributed by atoms with E-state index >= 15 is 0 Å². The number of hydrogen-bond donors (Lipinski definition) is 1. The Balaban J connectivity index is 1.67. The minimum absolute atomic E-state index is 0.139. The van der Waals surface area contributed by atoms with Crippen LogP contribution in [0.1, 0.15) is 32.1 Å². The number of alkyl halides is 3. The van der Waals surface area contributed by atoms with E-state index in [1.807, 2.05) is 30.3 Å². The van der Waals surface area contributed by atoms with Crippen molar-refractivity contribution in [2.24, 2.45) is 4.99 Å². The van der Waals surface area contributed by atoms with E-state index in [2.05, 4.69) is 15.2 Å². The molecule has 0 amide bonds. The molecule has 0 saturated carbocycles. The van der Waals surface area contributed by atoms with Crippen LogP contribution in [-0.2, 0) is 0 Å². The van der Waals surface area contributed by atoms with Crippen LogP contribution in [-0.4, -0.2) is 49.8 Å². The molecule has 1 aliphatic heterocycles. The summed E-state index contributed by atoms with van der Waals surface area (Å²) < 4.78 is 42.3. The molecule has 1 saturated heterocycles. The Morgan fingerprint density at radius 2 is 1.88 bits per heavy atom. The van der Waals surface area contributed by atoms with Gasteiger partial charge < -0.3 is 15.0 Å². The fourth-order valence-corrected chi connectivity index (χ4v) is 2.86. The molecule has 2 rings (SSSR count). The van der Waals surface area contributed by atoms with Crippen LogP contribution >= 0.6 is 0 Å². The van der Waals surface area contributed by atoms with Crippen molar-refractivity contribution in [1.82, 2.24) is 10.2 Å². The molecule has 7 heteroatoms. The van der Waals surface area contributed by atoms with Crippen LogP contribution in [0.4, 0.5) is 13.2 Å². The maximum absolute atomic E-state index is 12.1. The highest BCUT2D eigenvalue weighted by atomic mass is 19.4. The maximum atomic E-state index is 12.1. The maximum Gasteiger partial charge on any atom is 0.389 e. The number of guanidine groups is 1. The quantitative estimate of drug-likeness (QED) is 0.477. The van der Waals surface area contributed by atoms with Crippen molar-refractivity contribution >= 4 is 5.96 Å². The van der Waals surface area contributed by atoms with E-state index in [4.69, 9.17) is 4.74 Å². The van der Waals surface area contributed by atoms with Gasteiger partial charge in [-0.2, -0.15) is 13.2 Å². The molecule has 0 unspecified atom stereocenters. The fourth-order valence-electron chi connectivity index (χ4n) is 2.86. The molecule has 1 heterocycles. The molecule has 0 radical (unpaired) electrons. The predicted molar refractivity (Wildman–Crippen MR) is 92.9 cm³/mol. The first-order valence-electron chi connectivity index (χ1n) is 8.72. The van der Waals surface area contributed by atoms with Gasteiger partial charge in [-0.1, -0.05) is 18.2 Å². The number of nitrogens with one attached hydrogen (secondary N) is 1. The van der Waals surface area contributed by atoms with Crippen molar-refractivity contribution in [2.75, 3.05) is 26.7 Å². The molecular formula is C18H26F3N3O. The van der Waals surface area contributed by atoms with Crippen LogP contribution in [0.25, 0.3) is 0 Å². The Labute approximate surface area is 147 Å². The second-order valence-electron chi connectivity index (χ2n) is 6.16. The van der Waals surface area contributed by atoms with Crippen molar-refractivity contribution in [3.63, 3.8) is 0 Å². The van der Waals surface area contributed by atoms with Gasteiger partial charge in [-0.3, -0.25) is 4.99 Å². The Kier molecular flexibility index (Phi) is 7.40. The lowest BCUT2D eigenvalue weighted by Gasteiger charge is -2.34. The van der Waals surface area contributed by atoms with Crippen molar-refractivity contribution in [3.05, 3.63) is 30.3 Å². The van der Waals surface area contributed by atoms with E-state index in [1.165, 1.54) is 0 Å². The van der Waals surface area contributed by atoms with Gasteiger partial charge in [-0.05, 0) is 25.0 Å². The minimum Gasteiger partial charge on any atom is -0.490 e. The molecule has 25 heavy (non-hydrogen) atoms. The fraction of sp³-hybridized carbons (Fsp3) is 0.611. The number of aliphatic imine (C=N–C) groups is 1. The van der Waals surface area contributed by atoms with Crippen LogP contribution in [0.5, 0.6) is 5.75 Å². The zero-order chi connectivity index (χ0) is 18.1. The number of rotatable bonds is 6. The van der Waals surface area contributed by atoms with Crippen molar-refractivity contribution in [3.8, 4) is 5.75 Å². The summed E-state index contributed by atoms with van der Waals surface area (Å²) >= 11 is 0. The van der Waals surface area contributed by atoms with E-state index in [-0.39, 0.29) is 12.5 Å². The summed E-state index contributed by atoms with van der Waals surface area (Å²) in [6.07, 6.45) is -2.21. The number of hydrogen-bond acceptors (Lipinski definition) is 2. The molecule has 1 fully saturated rings. The molecule has 4 nitrogen and oxygen atoms in total. The number of benzene rings is 1. The second kappa shape index (κ2) is 9.53. The zero-order valence-electron chi connectivity index (χ0n) is 14.6. The largest absolute Gasteiger partial charge is 0.490 e. The molecular weight excluding hydrogens is 331 g/mol. The van der Waals surface area contributed by atoms with E-state index in [0.29, 0.717) is 13.0 Å². The van der Waals surface area contributed by atoms with Crippen LogP contribution < -0.4 is 10.1 Å². The average molecular weight is 357 g/mol. The predicted octanol–water partition coefficient (Wildman–Crippen LogP) is 3.84. The third kappa shape index (κ3) is 7.23. The zero-order valence-corrected chi connectivity index (χ0v) is 14.6. The van der Waals surface area contributed by atoms with E-state index in [9.17, 15) is 13.2 Å². The highest BCUT2D eigenvalue weighted by Gasteiger charge is 2.26. The first-order valence-corrected chi connectivity index (χ1v) is 8.72. The Morgan fingerprint density at radius 1 is 1.20 bits per heavy atom. The molecule has 1 aromatic carbocycles. The number of likely N-dealkylation sites (tertiary alicyclic amines) is 1. The lowest BCUT2D eigenvalue weighted by atomic mass is 10.1. The van der Waals surface area contributed by atoms with E-state index < -0.39 is 12.6 Å². The SMILES string of the molecule is CN=C(NCCCCC(F)(F)F)N1CCC(Oc2ccccc2)CC1. The molecule has 1 aliphatic rings. The molecule has 0 bridgehead atoms. The lowest BCUT2D eigenvalue weighted by molar-refractivity contribution is -0.135. The van der Waals surface area contributed by atoms with Gasteiger partial charge in [0, 0.05) is 45.9 Å². The summed E-state index contributed by atoms with van der Waals surface area (Å²) in [4.78, 5) is 6.37. The van der Waals surface area contributed by atoms with Crippen LogP contribution in [0, 0.1) is 0 Å². The van der Waals surface area contributed by atoms with E-state index in [1.54, 1.807) is 7.05 Å². The van der Waals surface area contributed by atoms with Crippen LogP contribution in [0.3, 0.4) is 0 Å². The second-order valence-corrected chi connectivity index (χ2v) is 6.16. The van der Waals surface area contributed by atoms with Gasteiger partial charge in [0.25, 0.3) is 0 Å². The highest BCUT2D eigenvalue weighted by molar-refractivity contribution is 5.79. The normalized spacial score (nSPS) is 16.8. The Hall–Kier alpha value is -1.92. The minimum atomic E-state index is -4.07. The molecule has 0 aromatic heterocycles. The number of nitrogens with zero attached hydrogens (tertiary/aromatic N) is 2. The molecule has 0 atom stereocenters. The van der Waals surface area contributed by atoms with Gasteiger partial charge in [0.05, 0.1) is 0 Å². The van der Waals surface area contributed by atoms with Crippen molar-refractivity contribution < 1.29 is 17.9 Å². The standard InChI is InChI=1S/C18H26F3N3O/c1-22-17(23-12-6-5-11-18(19,20)21)24-13-9-16(10-14-24)25-15-7-3-2-4-8-15/h2-4,7-8,16H,5-6,9-14H2,1H3,(H,22,23). The first-order chi connectivity index (χ1) is 12.0. The van der Waals surface area contributed by atoms with Gasteiger partial charge >= 0.3 is 6.18 Å². The summed E-state index contributed by atoms with van der Waals surface area (Å²) in [6.45, 7) is 2.14. The van der Waals surface area contributed by atoms with Gasteiger partial charge in [0.15, 0.2) is 5.96 Å². The number of halogens is 3. The number of ether oxygens (including phenoxy) is 1. The van der Waals surface area contributed by atoms with Crippen molar-refractivity contribution in [1.29, 1.82) is 0 Å². The molecule has 140 valence electrons. The third-order valence-corrected chi connectivity index (χ3v) is 4.17. The lowest BCUT2D eigenvalue weighted by Crippen LogP contribution is -2.47. The Morgan fingerprint density at radius 3 is 2.48 bits per heavy atom. The summed E-state index contributed by atoms with van der Waals surface area (Å²) in [6, 6.07) is 9.77. The van der Waals surface area contributed by atoms with Crippen molar-refractivity contribution in [2.45, 2.75) is 44.4 Å². The van der Waals surface area contributed by atoms with Crippen LogP contribution in [0.15, 0.2) is 35.3 Å². The summed E-state index contributed by atoms with van der Waals surface area (Å²) in [5, 5.41) is 3.16. The van der Waals surface area contributed by atoms with Gasteiger partial charge in [0.2, 0.25) is 0 Å². The van der Waals surface area contributed by atoms with E-state index in [0.717, 1.165) is 37.6 Å². The summed E-state index contributed by atoms with van der Waals surface area (Å²) in [7, 11) is 1.70. The summed E-state index contributed by atoms with van der Waals surface area (Å²) in [5.74, 6) is 1.64. The molecule has 1 N–H and O–H groups in total. The smallest absolute Gasteiger partial charge is 0.389 e. The topological polar surface area (TPSA) is 36.9 Å². The summed E-state index contributed by atoms with van der Waals surface area (Å²) in [5.41, 5.74) is 0. The highest BCUT2D eigenvalue weighted by Crippen LogP contribution is 2.22. The number of piperidine rings is 1. The number of unbranched alkanes of at least 4 members (excludes halogenated alkanes) is 1. The van der Waals surface area contributed by atoms with Crippen LogP contribution in [0.2, 0.25) is 0 Å². The Bertz CT molecular complexity index is 526. The van der Waals surface area contributed by atoms with Gasteiger partial charge in [-0.25, -0.2) is 0 Å². The average Bonchev–Trinajstić information content (AvgIpc) is 2.59. The molecule has 0 spiro atoms. The molecule has 1 aromatic rings. The third-order valence-electron chi connectivity index (χ3n) is 4.17. The first kappa shape index (κ1) is 19.4. The van der Waals surface area contributed by atoms with Gasteiger partial charge in [0.1, 0.15) is 11.9 Å². The molecule has 0 aliphatic carbocycles.